The van der Waals surface area contributed by atoms with Crippen LogP contribution in [0.15, 0.2) is 51.8 Å². The third kappa shape index (κ3) is 3.09. The minimum atomic E-state index is -3.29. The smallest absolute Gasteiger partial charge is 0.233 e. The summed E-state index contributed by atoms with van der Waals surface area (Å²) in [5, 5.41) is 9.03. The Hall–Kier alpha value is -2.85. The highest BCUT2D eigenvalue weighted by atomic mass is 32.2. The number of benzene rings is 2. The summed E-state index contributed by atoms with van der Waals surface area (Å²) < 4.78 is 35.0. The quantitative estimate of drug-likeness (QED) is 0.707. The number of nitriles is 1. The van der Waals surface area contributed by atoms with Crippen LogP contribution in [0.3, 0.4) is 0 Å². The largest absolute Gasteiger partial charge is 0.482 e. The Kier molecular flexibility index (Phi) is 4.23. The molecule has 0 aliphatic rings. The van der Waals surface area contributed by atoms with Gasteiger partial charge in [0.2, 0.25) is 5.89 Å². The topological polar surface area (TPSA) is 93.2 Å². The molecule has 0 saturated heterocycles. The van der Waals surface area contributed by atoms with Crippen LogP contribution in [-0.2, 0) is 16.4 Å². The van der Waals surface area contributed by atoms with Gasteiger partial charge in [0.25, 0.3) is 0 Å². The highest BCUT2D eigenvalue weighted by Crippen LogP contribution is 2.23. The Labute approximate surface area is 139 Å². The van der Waals surface area contributed by atoms with E-state index in [4.69, 9.17) is 14.4 Å². The number of ether oxygens (including phenoxy) is 1. The summed E-state index contributed by atoms with van der Waals surface area (Å²) >= 11 is 0. The summed E-state index contributed by atoms with van der Waals surface area (Å²) in [4.78, 5) is 4.47. The normalized spacial score (nSPS) is 11.3. The van der Waals surface area contributed by atoms with Crippen LogP contribution in [0, 0.1) is 11.3 Å². The molecule has 0 N–H and O–H groups in total. The van der Waals surface area contributed by atoms with Gasteiger partial charge in [-0.3, -0.25) is 0 Å². The lowest BCUT2D eigenvalue weighted by molar-refractivity contribution is 0.266. The molecular weight excluding hydrogens is 328 g/mol. The first-order valence-electron chi connectivity index (χ1n) is 7.27. The predicted molar refractivity (Wildman–Crippen MR) is 87.2 cm³/mol. The molecule has 0 atom stereocenters. The zero-order valence-corrected chi connectivity index (χ0v) is 13.7. The van der Waals surface area contributed by atoms with E-state index in [1.807, 2.05) is 6.07 Å². The average molecular weight is 342 g/mol. The summed E-state index contributed by atoms with van der Waals surface area (Å²) in [5.74, 6) is 0.775. The van der Waals surface area contributed by atoms with E-state index in [-0.39, 0.29) is 17.3 Å². The van der Waals surface area contributed by atoms with E-state index in [9.17, 15) is 8.42 Å². The van der Waals surface area contributed by atoms with Crippen molar-refractivity contribution in [2.45, 2.75) is 18.4 Å². The van der Waals surface area contributed by atoms with Gasteiger partial charge in [-0.1, -0.05) is 19.1 Å². The number of hydrogen-bond donors (Lipinski definition) is 0. The minimum absolute atomic E-state index is 0.0251. The van der Waals surface area contributed by atoms with Gasteiger partial charge in [0.1, 0.15) is 17.3 Å². The molecule has 24 heavy (non-hydrogen) atoms. The van der Waals surface area contributed by atoms with E-state index in [2.05, 4.69) is 4.98 Å². The molecule has 1 aromatic heterocycles. The van der Waals surface area contributed by atoms with E-state index in [1.165, 1.54) is 12.1 Å². The molecule has 0 saturated carbocycles. The Morgan fingerprint density at radius 1 is 1.25 bits per heavy atom. The first-order chi connectivity index (χ1) is 11.5. The molecule has 0 bridgehead atoms. The van der Waals surface area contributed by atoms with Crippen LogP contribution in [0.4, 0.5) is 0 Å². The van der Waals surface area contributed by atoms with Gasteiger partial charge in [-0.25, -0.2) is 13.4 Å². The van der Waals surface area contributed by atoms with Gasteiger partial charge < -0.3 is 9.15 Å². The summed E-state index contributed by atoms with van der Waals surface area (Å²) in [7, 11) is -3.29. The summed E-state index contributed by atoms with van der Waals surface area (Å²) in [6.45, 7) is 1.64. The van der Waals surface area contributed by atoms with E-state index in [0.29, 0.717) is 28.3 Å². The van der Waals surface area contributed by atoms with Crippen LogP contribution < -0.4 is 4.74 Å². The lowest BCUT2D eigenvalue weighted by Gasteiger charge is -2.04. The number of fused-ring (bicyclic) bond motifs is 1. The standard InChI is InChI=1S/C17H14N2O4S/c1-2-24(20,21)13-7-8-16-14(9-13)19-17(23-16)11-22-15-6-4-3-5-12(15)10-18/h3-9H,2,11H2,1H3. The van der Waals surface area contributed by atoms with Crippen LogP contribution in [-0.4, -0.2) is 19.2 Å². The molecule has 0 amide bonds. The lowest BCUT2D eigenvalue weighted by Crippen LogP contribution is -2.03. The van der Waals surface area contributed by atoms with E-state index >= 15 is 0 Å². The number of rotatable bonds is 5. The van der Waals surface area contributed by atoms with Gasteiger partial charge in [0.05, 0.1) is 16.2 Å². The molecule has 1 heterocycles. The van der Waals surface area contributed by atoms with Crippen LogP contribution in [0.25, 0.3) is 11.1 Å². The van der Waals surface area contributed by atoms with E-state index in [0.717, 1.165) is 0 Å². The second kappa shape index (κ2) is 6.34. The van der Waals surface area contributed by atoms with Crippen molar-refractivity contribution in [1.29, 1.82) is 5.26 Å². The minimum Gasteiger partial charge on any atom is -0.482 e. The fraction of sp³-hybridized carbons (Fsp3) is 0.176. The van der Waals surface area contributed by atoms with Crippen LogP contribution >= 0.6 is 0 Å². The third-order valence-corrected chi connectivity index (χ3v) is 5.23. The van der Waals surface area contributed by atoms with Gasteiger partial charge in [-0.2, -0.15) is 5.26 Å². The number of para-hydroxylation sites is 1. The summed E-state index contributed by atoms with van der Waals surface area (Å²) in [6.07, 6.45) is 0. The molecular formula is C17H14N2O4S. The van der Waals surface area contributed by atoms with Gasteiger partial charge >= 0.3 is 0 Å². The number of aromatic nitrogens is 1. The maximum atomic E-state index is 11.9. The number of nitrogens with zero attached hydrogens (tertiary/aromatic N) is 2. The zero-order chi connectivity index (χ0) is 17.2. The van der Waals surface area contributed by atoms with Crippen molar-refractivity contribution in [1.82, 2.24) is 4.98 Å². The van der Waals surface area contributed by atoms with E-state index < -0.39 is 9.84 Å². The molecule has 3 aromatic rings. The summed E-state index contributed by atoms with van der Waals surface area (Å²) in [6, 6.07) is 13.5. The van der Waals surface area contributed by atoms with Crippen molar-refractivity contribution in [3.63, 3.8) is 0 Å². The number of sulfone groups is 1. The van der Waals surface area contributed by atoms with Crippen LogP contribution in [0.5, 0.6) is 5.75 Å². The molecule has 122 valence electrons. The molecule has 2 aromatic carbocycles. The first kappa shape index (κ1) is 16.0. The van der Waals surface area contributed by atoms with Gasteiger partial charge in [-0.15, -0.1) is 0 Å². The lowest BCUT2D eigenvalue weighted by atomic mass is 10.2. The molecule has 0 spiro atoms. The average Bonchev–Trinajstić information content (AvgIpc) is 3.02. The Morgan fingerprint density at radius 3 is 2.79 bits per heavy atom. The number of oxazole rings is 1. The molecule has 0 fully saturated rings. The fourth-order valence-electron chi connectivity index (χ4n) is 2.20. The Bertz CT molecular complexity index is 1030. The molecule has 7 heteroatoms. The Morgan fingerprint density at radius 2 is 2.04 bits per heavy atom. The monoisotopic (exact) mass is 342 g/mol. The predicted octanol–water partition coefficient (Wildman–Crippen LogP) is 3.07. The van der Waals surface area contributed by atoms with Crippen molar-refractivity contribution in [2.75, 3.05) is 5.75 Å². The fourth-order valence-corrected chi connectivity index (χ4v) is 3.10. The Balaban J connectivity index is 1.85. The van der Waals surface area contributed by atoms with E-state index in [1.54, 1.807) is 37.3 Å². The molecule has 6 nitrogen and oxygen atoms in total. The van der Waals surface area contributed by atoms with Gasteiger partial charge in [0, 0.05) is 0 Å². The highest BCUT2D eigenvalue weighted by Gasteiger charge is 2.15. The van der Waals surface area contributed by atoms with Crippen molar-refractivity contribution >= 4 is 20.9 Å². The molecule has 3 rings (SSSR count). The van der Waals surface area contributed by atoms with Crippen molar-refractivity contribution in [3.8, 4) is 11.8 Å². The van der Waals surface area contributed by atoms with Crippen molar-refractivity contribution in [3.05, 3.63) is 53.9 Å². The molecule has 0 aliphatic carbocycles. The van der Waals surface area contributed by atoms with Crippen molar-refractivity contribution in [2.24, 2.45) is 0 Å². The molecule has 0 radical (unpaired) electrons. The zero-order valence-electron chi connectivity index (χ0n) is 12.9. The maximum Gasteiger partial charge on any atom is 0.233 e. The maximum absolute atomic E-state index is 11.9. The highest BCUT2D eigenvalue weighted by molar-refractivity contribution is 7.91. The molecule has 0 unspecified atom stereocenters. The van der Waals surface area contributed by atoms with Crippen molar-refractivity contribution < 1.29 is 17.6 Å². The molecule has 0 aliphatic heterocycles. The second-order valence-electron chi connectivity index (χ2n) is 5.04. The third-order valence-electron chi connectivity index (χ3n) is 3.50. The van der Waals surface area contributed by atoms with Gasteiger partial charge in [-0.05, 0) is 30.3 Å². The SMILES string of the molecule is CCS(=O)(=O)c1ccc2oc(COc3ccccc3C#N)nc2c1. The second-order valence-corrected chi connectivity index (χ2v) is 7.32. The summed E-state index contributed by atoms with van der Waals surface area (Å²) in [5.41, 5.74) is 1.36. The van der Waals surface area contributed by atoms with Gasteiger partial charge in [0.15, 0.2) is 22.0 Å². The van der Waals surface area contributed by atoms with Crippen LogP contribution in [0.2, 0.25) is 0 Å². The number of hydrogen-bond acceptors (Lipinski definition) is 6. The first-order valence-corrected chi connectivity index (χ1v) is 8.93. The van der Waals surface area contributed by atoms with Crippen LogP contribution in [0.1, 0.15) is 18.4 Å².